The monoisotopic (exact) mass is 311 g/mol. The van der Waals surface area contributed by atoms with Crippen LogP contribution in [0.5, 0.6) is 0 Å². The Bertz CT molecular complexity index is 445. The van der Waals surface area contributed by atoms with Gasteiger partial charge in [-0.05, 0) is 37.3 Å². The van der Waals surface area contributed by atoms with Crippen LogP contribution >= 0.6 is 15.9 Å². The van der Waals surface area contributed by atoms with Crippen molar-refractivity contribution in [3.8, 4) is 0 Å². The molecule has 2 N–H and O–H groups in total. The molecule has 3 nitrogen and oxygen atoms in total. The molecule has 0 heterocycles. The van der Waals surface area contributed by atoms with Crippen molar-refractivity contribution < 1.29 is 9.90 Å². The van der Waals surface area contributed by atoms with E-state index in [9.17, 15) is 9.90 Å². The zero-order valence-electron chi connectivity index (χ0n) is 10.4. The molecule has 1 aromatic carbocycles. The van der Waals surface area contributed by atoms with Crippen molar-refractivity contribution >= 4 is 21.8 Å². The Morgan fingerprint density at radius 2 is 2.17 bits per heavy atom. The summed E-state index contributed by atoms with van der Waals surface area (Å²) in [5, 5.41) is 12.4. The van der Waals surface area contributed by atoms with Gasteiger partial charge in [-0.1, -0.05) is 34.1 Å². The van der Waals surface area contributed by atoms with Crippen molar-refractivity contribution in [1.82, 2.24) is 5.32 Å². The van der Waals surface area contributed by atoms with Crippen LogP contribution in [0.15, 0.2) is 28.7 Å². The van der Waals surface area contributed by atoms with Crippen molar-refractivity contribution in [3.63, 3.8) is 0 Å². The van der Waals surface area contributed by atoms with Crippen molar-refractivity contribution in [2.24, 2.45) is 5.92 Å². The third-order valence-electron chi connectivity index (χ3n) is 3.54. The van der Waals surface area contributed by atoms with E-state index >= 15 is 0 Å². The topological polar surface area (TPSA) is 49.3 Å². The quantitative estimate of drug-likeness (QED) is 0.876. The average molecular weight is 312 g/mol. The van der Waals surface area contributed by atoms with Crippen LogP contribution in [0, 0.1) is 5.92 Å². The molecule has 1 aromatic rings. The number of aliphatic hydroxyl groups is 1. The highest BCUT2D eigenvalue weighted by atomic mass is 79.9. The molecule has 0 aliphatic heterocycles. The van der Waals surface area contributed by atoms with Gasteiger partial charge in [0.05, 0.1) is 18.6 Å². The average Bonchev–Trinajstić information content (AvgIpc) is 3.16. The first-order valence-corrected chi connectivity index (χ1v) is 7.00. The molecule has 4 heteroatoms. The summed E-state index contributed by atoms with van der Waals surface area (Å²) in [4.78, 5) is 12.0. The Hall–Kier alpha value is -0.870. The summed E-state index contributed by atoms with van der Waals surface area (Å²) >= 11 is 3.43. The number of rotatable bonds is 5. The van der Waals surface area contributed by atoms with E-state index < -0.39 is 5.54 Å². The minimum Gasteiger partial charge on any atom is -0.394 e. The first kappa shape index (κ1) is 13.6. The first-order chi connectivity index (χ1) is 8.55. The molecule has 2 rings (SSSR count). The van der Waals surface area contributed by atoms with Gasteiger partial charge in [0.2, 0.25) is 5.91 Å². The zero-order chi connectivity index (χ0) is 13.2. The number of amides is 1. The Balaban J connectivity index is 1.98. The second kappa shape index (κ2) is 5.41. The zero-order valence-corrected chi connectivity index (χ0v) is 12.0. The molecular formula is C14H18BrNO2. The Morgan fingerprint density at radius 3 is 2.72 bits per heavy atom. The van der Waals surface area contributed by atoms with Gasteiger partial charge in [-0.2, -0.15) is 0 Å². The van der Waals surface area contributed by atoms with E-state index in [1.165, 1.54) is 0 Å². The third-order valence-corrected chi connectivity index (χ3v) is 4.31. The summed E-state index contributed by atoms with van der Waals surface area (Å²) in [6.45, 7) is 1.92. The number of carbonyl (C=O) groups excluding carboxylic acids is 1. The fourth-order valence-electron chi connectivity index (χ4n) is 2.17. The maximum absolute atomic E-state index is 12.0. The van der Waals surface area contributed by atoms with E-state index in [1.54, 1.807) is 0 Å². The molecule has 0 bridgehead atoms. The lowest BCUT2D eigenvalue weighted by Gasteiger charge is -2.28. The molecule has 1 fully saturated rings. The molecule has 0 spiro atoms. The summed E-state index contributed by atoms with van der Waals surface area (Å²) in [7, 11) is 0. The molecule has 1 atom stereocenters. The van der Waals surface area contributed by atoms with E-state index in [1.807, 2.05) is 31.2 Å². The fraction of sp³-hybridized carbons (Fsp3) is 0.500. The van der Waals surface area contributed by atoms with Crippen molar-refractivity contribution in [3.05, 3.63) is 34.3 Å². The van der Waals surface area contributed by atoms with Crippen LogP contribution in [0.4, 0.5) is 0 Å². The predicted octanol–water partition coefficient (Wildman–Crippen LogP) is 2.27. The van der Waals surface area contributed by atoms with Gasteiger partial charge in [0.15, 0.2) is 0 Å². The van der Waals surface area contributed by atoms with Gasteiger partial charge in [0.1, 0.15) is 0 Å². The summed E-state index contributed by atoms with van der Waals surface area (Å²) in [6.07, 6.45) is 2.52. The number of hydrogen-bond donors (Lipinski definition) is 2. The Labute approximate surface area is 116 Å². The van der Waals surface area contributed by atoms with Crippen LogP contribution in [-0.4, -0.2) is 23.2 Å². The highest BCUT2D eigenvalue weighted by molar-refractivity contribution is 9.10. The molecule has 0 aromatic heterocycles. The number of hydrogen-bond acceptors (Lipinski definition) is 2. The molecule has 1 saturated carbocycles. The maximum atomic E-state index is 12.0. The van der Waals surface area contributed by atoms with Crippen LogP contribution in [0.2, 0.25) is 0 Å². The highest BCUT2D eigenvalue weighted by Crippen LogP contribution is 2.39. The van der Waals surface area contributed by atoms with Crippen LogP contribution in [-0.2, 0) is 11.2 Å². The SMILES string of the molecule is CC(CO)(NC(=O)Cc1ccccc1Br)C1CC1. The summed E-state index contributed by atoms with van der Waals surface area (Å²) < 4.78 is 0.942. The Morgan fingerprint density at radius 1 is 1.50 bits per heavy atom. The summed E-state index contributed by atoms with van der Waals surface area (Å²) in [5.74, 6) is 0.385. The molecule has 98 valence electrons. The summed E-state index contributed by atoms with van der Waals surface area (Å²) in [5.41, 5.74) is 0.504. The van der Waals surface area contributed by atoms with Crippen LogP contribution in [0.1, 0.15) is 25.3 Å². The van der Waals surface area contributed by atoms with E-state index in [4.69, 9.17) is 0 Å². The summed E-state index contributed by atoms with van der Waals surface area (Å²) in [6, 6.07) is 7.69. The molecule has 0 saturated heterocycles. The normalized spacial score (nSPS) is 18.2. The van der Waals surface area contributed by atoms with Crippen molar-refractivity contribution in [2.45, 2.75) is 31.7 Å². The number of benzene rings is 1. The maximum Gasteiger partial charge on any atom is 0.224 e. The van der Waals surface area contributed by atoms with E-state index in [-0.39, 0.29) is 12.5 Å². The lowest BCUT2D eigenvalue weighted by Crippen LogP contribution is -2.51. The fourth-order valence-corrected chi connectivity index (χ4v) is 2.59. The number of nitrogens with one attached hydrogen (secondary N) is 1. The second-order valence-corrected chi connectivity index (χ2v) is 6.02. The molecule has 18 heavy (non-hydrogen) atoms. The van der Waals surface area contributed by atoms with Gasteiger partial charge in [0.25, 0.3) is 0 Å². The van der Waals surface area contributed by atoms with E-state index in [2.05, 4.69) is 21.2 Å². The molecule has 0 radical (unpaired) electrons. The number of aliphatic hydroxyl groups excluding tert-OH is 1. The molecular weight excluding hydrogens is 294 g/mol. The Kier molecular flexibility index (Phi) is 4.07. The van der Waals surface area contributed by atoms with Crippen LogP contribution < -0.4 is 5.32 Å². The smallest absolute Gasteiger partial charge is 0.224 e. The standard InChI is InChI=1S/C14H18BrNO2/c1-14(9-17,11-6-7-11)16-13(18)8-10-4-2-3-5-12(10)15/h2-5,11,17H,6-9H2,1H3,(H,16,18). The van der Waals surface area contributed by atoms with Crippen LogP contribution in [0.25, 0.3) is 0 Å². The first-order valence-electron chi connectivity index (χ1n) is 6.20. The largest absolute Gasteiger partial charge is 0.394 e. The van der Waals surface area contributed by atoms with Crippen molar-refractivity contribution in [1.29, 1.82) is 0 Å². The van der Waals surface area contributed by atoms with Gasteiger partial charge >= 0.3 is 0 Å². The number of halogens is 1. The van der Waals surface area contributed by atoms with Crippen LogP contribution in [0.3, 0.4) is 0 Å². The predicted molar refractivity (Wildman–Crippen MR) is 74.2 cm³/mol. The molecule has 1 unspecified atom stereocenters. The molecule has 1 amide bonds. The minimum absolute atomic E-state index is 0.000629. The van der Waals surface area contributed by atoms with Gasteiger partial charge in [-0.25, -0.2) is 0 Å². The van der Waals surface area contributed by atoms with Gasteiger partial charge < -0.3 is 10.4 Å². The highest BCUT2D eigenvalue weighted by Gasteiger charge is 2.42. The number of carbonyl (C=O) groups is 1. The van der Waals surface area contributed by atoms with Crippen molar-refractivity contribution in [2.75, 3.05) is 6.61 Å². The van der Waals surface area contributed by atoms with E-state index in [0.29, 0.717) is 12.3 Å². The lowest BCUT2D eigenvalue weighted by molar-refractivity contribution is -0.123. The third kappa shape index (κ3) is 3.12. The molecule has 1 aliphatic carbocycles. The lowest BCUT2D eigenvalue weighted by atomic mass is 9.96. The van der Waals surface area contributed by atoms with Gasteiger partial charge in [0, 0.05) is 4.47 Å². The molecule has 1 aliphatic rings. The van der Waals surface area contributed by atoms with Gasteiger partial charge in [-0.15, -0.1) is 0 Å². The second-order valence-electron chi connectivity index (χ2n) is 5.17. The van der Waals surface area contributed by atoms with E-state index in [0.717, 1.165) is 22.9 Å². The van der Waals surface area contributed by atoms with Gasteiger partial charge in [-0.3, -0.25) is 4.79 Å². The minimum atomic E-state index is -0.460.